The van der Waals surface area contributed by atoms with Crippen molar-refractivity contribution in [2.75, 3.05) is 33.1 Å². The molecule has 0 atom stereocenters. The van der Waals surface area contributed by atoms with E-state index in [-0.39, 0.29) is 6.09 Å². The minimum Gasteiger partial charge on any atom is -0.495 e. The van der Waals surface area contributed by atoms with Gasteiger partial charge in [0.25, 0.3) is 0 Å². The molecule has 0 heterocycles. The van der Waals surface area contributed by atoms with Gasteiger partial charge in [0.05, 0.1) is 25.7 Å². The number of benzene rings is 1. The third-order valence-corrected chi connectivity index (χ3v) is 5.29. The van der Waals surface area contributed by atoms with Crippen LogP contribution in [0.3, 0.4) is 0 Å². The van der Waals surface area contributed by atoms with Crippen molar-refractivity contribution < 1.29 is 19.0 Å². The van der Waals surface area contributed by atoms with E-state index in [1.54, 1.807) is 26.0 Å². The van der Waals surface area contributed by atoms with Gasteiger partial charge in [-0.2, -0.15) is 0 Å². The number of amides is 1. The first-order valence-electron chi connectivity index (χ1n) is 9.36. The Morgan fingerprint density at radius 2 is 1.88 bits per heavy atom. The molecule has 0 saturated heterocycles. The third kappa shape index (κ3) is 6.98. The average Bonchev–Trinajstić information content (AvgIpc) is 2.64. The maximum Gasteiger partial charge on any atom is 0.407 e. The number of carbonyl (C=O) groups excluding carboxylic acids is 1. The number of carbonyl (C=O) groups is 1. The quantitative estimate of drug-likeness (QED) is 0.408. The molecule has 6 heteroatoms. The van der Waals surface area contributed by atoms with Crippen LogP contribution in [0, 0.1) is 6.92 Å². The Morgan fingerprint density at radius 3 is 2.50 bits per heavy atom. The van der Waals surface area contributed by atoms with Crippen molar-refractivity contribution in [3.63, 3.8) is 0 Å². The van der Waals surface area contributed by atoms with Crippen LogP contribution in [0.25, 0.3) is 0 Å². The van der Waals surface area contributed by atoms with Crippen LogP contribution in [0.2, 0.25) is 0 Å². The van der Waals surface area contributed by atoms with E-state index < -0.39 is 0 Å². The second-order valence-electron chi connectivity index (χ2n) is 6.09. The second kappa shape index (κ2) is 12.7. The largest absolute Gasteiger partial charge is 0.495 e. The molecule has 0 aromatic heterocycles. The zero-order valence-corrected chi connectivity index (χ0v) is 17.6. The number of alkyl carbamates (subject to hydrolysis) is 1. The summed E-state index contributed by atoms with van der Waals surface area (Å²) in [7, 11) is 3.37. The predicted octanol–water partition coefficient (Wildman–Crippen LogP) is 4.97. The van der Waals surface area contributed by atoms with Crippen LogP contribution < -0.4 is 14.8 Å². The van der Waals surface area contributed by atoms with Gasteiger partial charge >= 0.3 is 6.09 Å². The summed E-state index contributed by atoms with van der Waals surface area (Å²) < 4.78 is 16.4. The van der Waals surface area contributed by atoms with E-state index in [0.29, 0.717) is 19.6 Å². The summed E-state index contributed by atoms with van der Waals surface area (Å²) in [4.78, 5) is 12.7. The minimum atomic E-state index is -0.359. The van der Waals surface area contributed by atoms with Crippen LogP contribution in [-0.2, 0) is 11.2 Å². The zero-order valence-electron chi connectivity index (χ0n) is 16.8. The first kappa shape index (κ1) is 22.5. The molecular weight excluding hydrogens is 350 g/mol. The number of unbranched alkanes of at least 4 members (excludes halogenated alkanes) is 2. The summed E-state index contributed by atoms with van der Waals surface area (Å²) in [6, 6.07) is 2.05. The molecule has 0 unspecified atom stereocenters. The molecule has 1 aromatic rings. The molecule has 0 radical (unpaired) electrons. The standard InChI is InChI=1S/C20H33NO4S/c1-6-8-12-25-20(22)21-11-10-16-14-17(23-4)19(26-13-9-7-2)18(24-5)15(16)3/h14H,6-13H2,1-5H3,(H,21,22). The molecule has 1 aromatic carbocycles. The summed E-state index contributed by atoms with van der Waals surface area (Å²) >= 11 is 1.77. The highest BCUT2D eigenvalue weighted by molar-refractivity contribution is 7.99. The smallest absolute Gasteiger partial charge is 0.407 e. The van der Waals surface area contributed by atoms with Crippen molar-refractivity contribution in [1.29, 1.82) is 0 Å². The van der Waals surface area contributed by atoms with E-state index in [1.807, 2.05) is 0 Å². The van der Waals surface area contributed by atoms with Crippen LogP contribution in [0.5, 0.6) is 11.5 Å². The van der Waals surface area contributed by atoms with Crippen LogP contribution in [0.4, 0.5) is 4.79 Å². The van der Waals surface area contributed by atoms with Crippen molar-refractivity contribution in [2.24, 2.45) is 0 Å². The Bertz CT molecular complexity index is 563. The summed E-state index contributed by atoms with van der Waals surface area (Å²) in [5.41, 5.74) is 2.20. The number of rotatable bonds is 12. The summed E-state index contributed by atoms with van der Waals surface area (Å²) in [6.07, 6.45) is 4.55. The highest BCUT2D eigenvalue weighted by Crippen LogP contribution is 2.42. The highest BCUT2D eigenvalue weighted by Gasteiger charge is 2.17. The van der Waals surface area contributed by atoms with Crippen molar-refractivity contribution in [2.45, 2.75) is 57.8 Å². The van der Waals surface area contributed by atoms with E-state index >= 15 is 0 Å². The molecule has 0 saturated carbocycles. The Kier molecular flexibility index (Phi) is 11.0. The fourth-order valence-corrected chi connectivity index (χ4v) is 3.82. The van der Waals surface area contributed by atoms with E-state index in [2.05, 4.69) is 32.2 Å². The molecule has 5 nitrogen and oxygen atoms in total. The highest BCUT2D eigenvalue weighted by atomic mass is 32.2. The molecule has 1 rings (SSSR count). The van der Waals surface area contributed by atoms with Gasteiger partial charge in [0.15, 0.2) is 0 Å². The Balaban J connectivity index is 2.78. The normalized spacial score (nSPS) is 10.5. The van der Waals surface area contributed by atoms with E-state index in [4.69, 9.17) is 14.2 Å². The number of hydrogen-bond donors (Lipinski definition) is 1. The van der Waals surface area contributed by atoms with Crippen LogP contribution >= 0.6 is 11.8 Å². The first-order valence-corrected chi connectivity index (χ1v) is 10.3. The zero-order chi connectivity index (χ0) is 19.4. The van der Waals surface area contributed by atoms with Gasteiger partial charge in [-0.25, -0.2) is 4.79 Å². The van der Waals surface area contributed by atoms with Gasteiger partial charge in [0.2, 0.25) is 0 Å². The van der Waals surface area contributed by atoms with E-state index in [0.717, 1.165) is 59.0 Å². The van der Waals surface area contributed by atoms with Gasteiger partial charge in [0, 0.05) is 6.54 Å². The van der Waals surface area contributed by atoms with Crippen molar-refractivity contribution in [1.82, 2.24) is 5.32 Å². The van der Waals surface area contributed by atoms with E-state index in [9.17, 15) is 4.79 Å². The molecular formula is C20H33NO4S. The summed E-state index contributed by atoms with van der Waals surface area (Å²) in [6.45, 7) is 7.28. The Morgan fingerprint density at radius 1 is 1.15 bits per heavy atom. The molecule has 0 aliphatic heterocycles. The maximum atomic E-state index is 11.7. The topological polar surface area (TPSA) is 56.8 Å². The number of ether oxygens (including phenoxy) is 3. The van der Waals surface area contributed by atoms with Gasteiger partial charge in [-0.05, 0) is 49.1 Å². The number of nitrogens with one attached hydrogen (secondary N) is 1. The van der Waals surface area contributed by atoms with Gasteiger partial charge in [-0.3, -0.25) is 0 Å². The molecule has 0 spiro atoms. The van der Waals surface area contributed by atoms with Gasteiger partial charge in [-0.1, -0.05) is 26.7 Å². The Hall–Kier alpha value is -1.56. The lowest BCUT2D eigenvalue weighted by Crippen LogP contribution is -2.27. The molecule has 1 N–H and O–H groups in total. The van der Waals surface area contributed by atoms with Gasteiger partial charge < -0.3 is 19.5 Å². The third-order valence-electron chi connectivity index (χ3n) is 4.12. The number of hydrogen-bond acceptors (Lipinski definition) is 5. The van der Waals surface area contributed by atoms with Crippen molar-refractivity contribution in [3.8, 4) is 11.5 Å². The van der Waals surface area contributed by atoms with Crippen molar-refractivity contribution in [3.05, 3.63) is 17.2 Å². The molecule has 0 bridgehead atoms. The number of methoxy groups -OCH3 is 2. The maximum absolute atomic E-state index is 11.7. The van der Waals surface area contributed by atoms with E-state index in [1.165, 1.54) is 0 Å². The molecule has 0 fully saturated rings. The lowest BCUT2D eigenvalue weighted by Gasteiger charge is -2.18. The molecule has 1 amide bonds. The van der Waals surface area contributed by atoms with Crippen LogP contribution in [0.15, 0.2) is 11.0 Å². The first-order chi connectivity index (χ1) is 12.6. The lowest BCUT2D eigenvalue weighted by molar-refractivity contribution is 0.144. The lowest BCUT2D eigenvalue weighted by atomic mass is 10.0. The van der Waals surface area contributed by atoms with Crippen LogP contribution in [0.1, 0.15) is 50.7 Å². The molecule has 0 aliphatic rings. The molecule has 148 valence electrons. The fraction of sp³-hybridized carbons (Fsp3) is 0.650. The van der Waals surface area contributed by atoms with Gasteiger partial charge in [0.1, 0.15) is 11.5 Å². The Labute approximate surface area is 162 Å². The SMILES string of the molecule is CCCCOC(=O)NCCc1cc(OC)c(SCCCC)c(OC)c1C. The number of thioether (sulfide) groups is 1. The minimum absolute atomic E-state index is 0.359. The summed E-state index contributed by atoms with van der Waals surface area (Å²) in [5.74, 6) is 2.73. The second-order valence-corrected chi connectivity index (χ2v) is 7.20. The predicted molar refractivity (Wildman–Crippen MR) is 108 cm³/mol. The fourth-order valence-electron chi connectivity index (χ4n) is 2.53. The molecule has 0 aliphatic carbocycles. The van der Waals surface area contributed by atoms with Crippen molar-refractivity contribution >= 4 is 17.9 Å². The monoisotopic (exact) mass is 383 g/mol. The van der Waals surface area contributed by atoms with Gasteiger partial charge in [-0.15, -0.1) is 11.8 Å². The van der Waals surface area contributed by atoms with Crippen LogP contribution in [-0.4, -0.2) is 39.2 Å². The summed E-state index contributed by atoms with van der Waals surface area (Å²) in [5, 5.41) is 2.80. The molecule has 26 heavy (non-hydrogen) atoms. The average molecular weight is 384 g/mol.